The van der Waals surface area contributed by atoms with Crippen molar-refractivity contribution in [2.24, 2.45) is 7.05 Å². The molecular formula is C20H22FN3O3. The zero-order valence-electron chi connectivity index (χ0n) is 15.2. The van der Waals surface area contributed by atoms with Gasteiger partial charge in [-0.2, -0.15) is 0 Å². The van der Waals surface area contributed by atoms with Crippen LogP contribution in [0, 0.1) is 5.82 Å². The number of aromatic nitrogens is 1. The number of para-hydroxylation sites is 1. The monoisotopic (exact) mass is 371 g/mol. The van der Waals surface area contributed by atoms with Gasteiger partial charge < -0.3 is 14.1 Å². The number of rotatable bonds is 5. The van der Waals surface area contributed by atoms with Gasteiger partial charge in [0.25, 0.3) is 0 Å². The molecule has 1 aromatic heterocycles. The first-order chi connectivity index (χ1) is 13.1. The Labute approximate surface area is 156 Å². The van der Waals surface area contributed by atoms with Gasteiger partial charge in [0.2, 0.25) is 0 Å². The maximum atomic E-state index is 13.2. The molecule has 0 N–H and O–H groups in total. The van der Waals surface area contributed by atoms with Crippen molar-refractivity contribution in [2.45, 2.75) is 0 Å². The van der Waals surface area contributed by atoms with E-state index in [1.807, 2.05) is 18.2 Å². The first-order valence-corrected chi connectivity index (χ1v) is 9.06. The van der Waals surface area contributed by atoms with Crippen molar-refractivity contribution in [1.82, 2.24) is 9.47 Å². The second kappa shape index (κ2) is 7.44. The Kier molecular flexibility index (Phi) is 4.85. The number of hydrogen-bond acceptors (Lipinski definition) is 5. The Bertz CT molecular complexity index is 990. The molecule has 1 saturated heterocycles. The minimum atomic E-state index is -0.342. The van der Waals surface area contributed by atoms with E-state index in [0.29, 0.717) is 17.9 Å². The summed E-state index contributed by atoms with van der Waals surface area (Å²) in [6.07, 6.45) is 0. The summed E-state index contributed by atoms with van der Waals surface area (Å²) in [7, 11) is 1.72. The van der Waals surface area contributed by atoms with Crippen molar-refractivity contribution in [1.29, 1.82) is 0 Å². The SMILES string of the molecule is Cn1c(=O)oc2c(N3CCN(CCOc4cccc(F)c4)CC3)cccc21. The summed E-state index contributed by atoms with van der Waals surface area (Å²) < 4.78 is 25.8. The van der Waals surface area contributed by atoms with Crippen LogP contribution in [0.5, 0.6) is 5.75 Å². The maximum absolute atomic E-state index is 13.2. The number of fused-ring (bicyclic) bond motifs is 1. The molecule has 0 atom stereocenters. The smallest absolute Gasteiger partial charge is 0.419 e. The number of benzene rings is 2. The summed E-state index contributed by atoms with van der Waals surface area (Å²) in [5.74, 6) is -0.0761. The number of nitrogens with zero attached hydrogens (tertiary/aromatic N) is 3. The lowest BCUT2D eigenvalue weighted by Gasteiger charge is -2.35. The molecule has 0 spiro atoms. The number of oxazole rings is 1. The molecule has 0 bridgehead atoms. The minimum Gasteiger partial charge on any atom is -0.492 e. The number of aryl methyl sites for hydroxylation is 1. The standard InChI is InChI=1S/C20H22FN3O3/c1-22-17-6-3-7-18(19(17)27-20(22)25)24-10-8-23(9-11-24)12-13-26-16-5-2-4-15(21)14-16/h2-7,14H,8-13H2,1H3. The molecule has 27 heavy (non-hydrogen) atoms. The fourth-order valence-corrected chi connectivity index (χ4v) is 3.45. The third kappa shape index (κ3) is 3.68. The van der Waals surface area contributed by atoms with Crippen molar-refractivity contribution in [3.8, 4) is 5.75 Å². The van der Waals surface area contributed by atoms with Crippen LogP contribution in [-0.4, -0.2) is 48.8 Å². The van der Waals surface area contributed by atoms with Gasteiger partial charge in [-0.1, -0.05) is 12.1 Å². The highest BCUT2D eigenvalue weighted by atomic mass is 19.1. The van der Waals surface area contributed by atoms with Gasteiger partial charge >= 0.3 is 5.76 Å². The van der Waals surface area contributed by atoms with E-state index in [4.69, 9.17) is 9.15 Å². The average molecular weight is 371 g/mol. The van der Waals surface area contributed by atoms with Crippen LogP contribution in [0.4, 0.5) is 10.1 Å². The molecule has 1 aliphatic rings. The normalized spacial score (nSPS) is 15.4. The molecule has 142 valence electrons. The third-order valence-electron chi connectivity index (χ3n) is 4.98. The quantitative estimate of drug-likeness (QED) is 0.690. The van der Waals surface area contributed by atoms with Crippen LogP contribution in [0.2, 0.25) is 0 Å². The highest BCUT2D eigenvalue weighted by Gasteiger charge is 2.21. The van der Waals surface area contributed by atoms with Gasteiger partial charge in [-0.15, -0.1) is 0 Å². The van der Waals surface area contributed by atoms with Gasteiger partial charge in [0.15, 0.2) is 5.58 Å². The summed E-state index contributed by atoms with van der Waals surface area (Å²) in [4.78, 5) is 16.4. The van der Waals surface area contributed by atoms with Crippen LogP contribution in [0.1, 0.15) is 0 Å². The molecular weight excluding hydrogens is 349 g/mol. The molecule has 2 heterocycles. The Balaban J connectivity index is 1.34. The second-order valence-corrected chi connectivity index (χ2v) is 6.69. The largest absolute Gasteiger partial charge is 0.492 e. The van der Waals surface area contributed by atoms with E-state index in [2.05, 4.69) is 9.80 Å². The van der Waals surface area contributed by atoms with E-state index >= 15 is 0 Å². The Morgan fingerprint density at radius 3 is 2.67 bits per heavy atom. The minimum absolute atomic E-state index is 0.289. The van der Waals surface area contributed by atoms with Crippen molar-refractivity contribution in [3.63, 3.8) is 0 Å². The Morgan fingerprint density at radius 1 is 1.11 bits per heavy atom. The predicted octanol–water partition coefficient (Wildman–Crippen LogP) is 2.47. The number of halogens is 1. The molecule has 4 rings (SSSR count). The number of ether oxygens (including phenoxy) is 1. The van der Waals surface area contributed by atoms with Gasteiger partial charge in [-0.05, 0) is 24.3 Å². The highest BCUT2D eigenvalue weighted by molar-refractivity contribution is 5.87. The van der Waals surface area contributed by atoms with E-state index in [0.717, 1.165) is 43.9 Å². The molecule has 0 saturated carbocycles. The lowest BCUT2D eigenvalue weighted by molar-refractivity contribution is 0.200. The van der Waals surface area contributed by atoms with Crippen molar-refractivity contribution < 1.29 is 13.5 Å². The van der Waals surface area contributed by atoms with Crippen LogP contribution in [0.3, 0.4) is 0 Å². The summed E-state index contributed by atoms with van der Waals surface area (Å²) >= 11 is 0. The van der Waals surface area contributed by atoms with Crippen molar-refractivity contribution in [2.75, 3.05) is 44.2 Å². The molecule has 0 unspecified atom stereocenters. The fourth-order valence-electron chi connectivity index (χ4n) is 3.45. The molecule has 7 heteroatoms. The van der Waals surface area contributed by atoms with Crippen LogP contribution in [0.15, 0.2) is 51.7 Å². The molecule has 1 fully saturated rings. The van der Waals surface area contributed by atoms with Crippen LogP contribution < -0.4 is 15.4 Å². The van der Waals surface area contributed by atoms with Gasteiger partial charge in [0, 0.05) is 45.8 Å². The van der Waals surface area contributed by atoms with Gasteiger partial charge in [0.1, 0.15) is 18.2 Å². The first-order valence-electron chi connectivity index (χ1n) is 9.06. The van der Waals surface area contributed by atoms with E-state index in [-0.39, 0.29) is 11.6 Å². The molecule has 0 amide bonds. The van der Waals surface area contributed by atoms with E-state index in [9.17, 15) is 9.18 Å². The summed E-state index contributed by atoms with van der Waals surface area (Å²) in [6, 6.07) is 12.0. The molecule has 2 aromatic carbocycles. The van der Waals surface area contributed by atoms with Gasteiger partial charge in [-0.25, -0.2) is 9.18 Å². The highest BCUT2D eigenvalue weighted by Crippen LogP contribution is 2.26. The topological polar surface area (TPSA) is 50.9 Å². The van der Waals surface area contributed by atoms with E-state index in [1.54, 1.807) is 19.2 Å². The number of hydrogen-bond donors (Lipinski definition) is 0. The molecule has 6 nitrogen and oxygen atoms in total. The molecule has 0 radical (unpaired) electrons. The van der Waals surface area contributed by atoms with E-state index in [1.165, 1.54) is 16.7 Å². The fraction of sp³-hybridized carbons (Fsp3) is 0.350. The van der Waals surface area contributed by atoms with Gasteiger partial charge in [-0.3, -0.25) is 9.47 Å². The Hall–Kier alpha value is -2.80. The van der Waals surface area contributed by atoms with E-state index < -0.39 is 0 Å². The Morgan fingerprint density at radius 2 is 1.89 bits per heavy atom. The van der Waals surface area contributed by atoms with Crippen molar-refractivity contribution >= 4 is 16.8 Å². The summed E-state index contributed by atoms with van der Waals surface area (Å²) in [5, 5.41) is 0. The predicted molar refractivity (Wildman–Crippen MR) is 102 cm³/mol. The summed E-state index contributed by atoms with van der Waals surface area (Å²) in [6.45, 7) is 4.77. The third-order valence-corrected chi connectivity index (χ3v) is 4.98. The van der Waals surface area contributed by atoms with Crippen LogP contribution >= 0.6 is 0 Å². The lowest BCUT2D eigenvalue weighted by atomic mass is 10.2. The van der Waals surface area contributed by atoms with Crippen LogP contribution in [0.25, 0.3) is 11.1 Å². The van der Waals surface area contributed by atoms with Crippen LogP contribution in [-0.2, 0) is 7.05 Å². The number of anilines is 1. The lowest BCUT2D eigenvalue weighted by Crippen LogP contribution is -2.47. The molecule has 3 aromatic rings. The first kappa shape index (κ1) is 17.6. The van der Waals surface area contributed by atoms with Gasteiger partial charge in [0.05, 0.1) is 11.2 Å². The molecule has 0 aliphatic carbocycles. The number of piperazine rings is 1. The van der Waals surface area contributed by atoms with Crippen molar-refractivity contribution in [3.05, 3.63) is 58.8 Å². The average Bonchev–Trinajstić information content (AvgIpc) is 2.97. The zero-order valence-corrected chi connectivity index (χ0v) is 15.2. The summed E-state index contributed by atoms with van der Waals surface area (Å²) in [5.41, 5.74) is 2.41. The second-order valence-electron chi connectivity index (χ2n) is 6.69. The molecule has 1 aliphatic heterocycles. The maximum Gasteiger partial charge on any atom is 0.419 e. The zero-order chi connectivity index (χ0) is 18.8.